The highest BCUT2D eigenvalue weighted by Crippen LogP contribution is 2.47. The summed E-state index contributed by atoms with van der Waals surface area (Å²) < 4.78 is 13.7. The summed E-state index contributed by atoms with van der Waals surface area (Å²) in [6, 6.07) is 9.10. The maximum atomic E-state index is 13.0. The molecule has 1 saturated carbocycles. The lowest BCUT2D eigenvalue weighted by atomic mass is 9.77. The van der Waals surface area contributed by atoms with Gasteiger partial charge in [-0.15, -0.1) is 0 Å². The fourth-order valence-corrected chi connectivity index (χ4v) is 5.44. The molecule has 9 heteroatoms. The van der Waals surface area contributed by atoms with Gasteiger partial charge in [-0.2, -0.15) is 4.98 Å². The first kappa shape index (κ1) is 20.1. The molecule has 8 nitrogen and oxygen atoms in total. The summed E-state index contributed by atoms with van der Waals surface area (Å²) in [5, 5.41) is 9.59. The number of carbonyl (C=O) groups is 1. The standard InChI is InChI=1S/C22H26N6O2S/c1-2-27-18-12-15-14-24-21(25-16-6-8-17(9-7-16)31(23)30)26-20(15)28(18)22(13-19(27)29)10-4-3-5-11-22/h6-9,12,14H,2-5,10-11,13,23H2,1H3,(H,24,25,26). The number of hydrogen-bond donors (Lipinski definition) is 2. The maximum absolute atomic E-state index is 13.0. The highest BCUT2D eigenvalue weighted by Gasteiger charge is 2.44. The van der Waals surface area contributed by atoms with Crippen LogP contribution in [-0.4, -0.2) is 31.2 Å². The van der Waals surface area contributed by atoms with Gasteiger partial charge >= 0.3 is 0 Å². The average Bonchev–Trinajstić information content (AvgIpc) is 3.14. The number of amides is 1. The fourth-order valence-electron chi connectivity index (χ4n) is 5.04. The van der Waals surface area contributed by atoms with E-state index in [1.807, 2.05) is 24.1 Å². The lowest BCUT2D eigenvalue weighted by Crippen LogP contribution is -2.49. The molecule has 1 spiro atoms. The number of hydrogen-bond acceptors (Lipinski definition) is 5. The van der Waals surface area contributed by atoms with E-state index < -0.39 is 11.0 Å². The van der Waals surface area contributed by atoms with Crippen LogP contribution in [0.5, 0.6) is 0 Å². The Morgan fingerprint density at radius 2 is 1.94 bits per heavy atom. The second-order valence-electron chi connectivity index (χ2n) is 8.36. The van der Waals surface area contributed by atoms with E-state index in [0.717, 1.165) is 48.2 Å². The number of fused-ring (bicyclic) bond motifs is 4. The predicted molar refractivity (Wildman–Crippen MR) is 122 cm³/mol. The number of nitrogens with two attached hydrogens (primary N) is 1. The second kappa shape index (κ2) is 7.72. The fraction of sp³-hybridized carbons (Fsp3) is 0.409. The molecule has 1 amide bonds. The van der Waals surface area contributed by atoms with Crippen molar-refractivity contribution in [3.8, 4) is 0 Å². The SMILES string of the molecule is CCN1C(=O)CC2(CCCCC2)n2c1cc1cnc(Nc3ccc(S(N)=O)cc3)nc12. The zero-order valence-corrected chi connectivity index (χ0v) is 18.3. The van der Waals surface area contributed by atoms with Gasteiger partial charge in [0.2, 0.25) is 11.9 Å². The van der Waals surface area contributed by atoms with Gasteiger partial charge in [-0.3, -0.25) is 9.69 Å². The number of anilines is 3. The van der Waals surface area contributed by atoms with Gasteiger partial charge in [-0.05, 0) is 50.1 Å². The molecule has 1 atom stereocenters. The van der Waals surface area contributed by atoms with Crippen molar-refractivity contribution >= 4 is 45.4 Å². The highest BCUT2D eigenvalue weighted by molar-refractivity contribution is 7.82. The number of nitrogens with zero attached hydrogens (tertiary/aromatic N) is 4. The lowest BCUT2D eigenvalue weighted by Gasteiger charge is -2.45. The van der Waals surface area contributed by atoms with Crippen LogP contribution in [-0.2, 0) is 21.3 Å². The highest BCUT2D eigenvalue weighted by atomic mass is 32.2. The summed E-state index contributed by atoms with van der Waals surface area (Å²) in [6.45, 7) is 2.65. The average molecular weight is 439 g/mol. The Hall–Kier alpha value is -2.78. The molecule has 2 aliphatic rings. The van der Waals surface area contributed by atoms with Crippen LogP contribution in [0, 0.1) is 0 Å². The molecular formula is C22H26N6O2S. The molecule has 5 rings (SSSR count). The first-order valence-corrected chi connectivity index (χ1v) is 11.9. The van der Waals surface area contributed by atoms with Gasteiger partial charge in [0, 0.05) is 23.8 Å². The molecule has 3 heterocycles. The smallest absolute Gasteiger partial charge is 0.230 e. The van der Waals surface area contributed by atoms with Gasteiger partial charge in [0.25, 0.3) is 0 Å². The largest absolute Gasteiger partial charge is 0.324 e. The molecule has 31 heavy (non-hydrogen) atoms. The first-order chi connectivity index (χ1) is 15.0. The number of rotatable bonds is 4. The quantitative estimate of drug-likeness (QED) is 0.648. The minimum absolute atomic E-state index is 0.198. The normalized spacial score (nSPS) is 18.9. The zero-order valence-electron chi connectivity index (χ0n) is 17.5. The molecule has 3 N–H and O–H groups in total. The molecule has 3 aromatic rings. The van der Waals surface area contributed by atoms with E-state index in [9.17, 15) is 9.00 Å². The van der Waals surface area contributed by atoms with Crippen LogP contribution in [0.4, 0.5) is 17.5 Å². The Balaban J connectivity index is 1.58. The van der Waals surface area contributed by atoms with Gasteiger partial charge < -0.3 is 9.88 Å². The van der Waals surface area contributed by atoms with E-state index in [-0.39, 0.29) is 11.4 Å². The van der Waals surface area contributed by atoms with Crippen LogP contribution in [0.25, 0.3) is 11.0 Å². The summed E-state index contributed by atoms with van der Waals surface area (Å²) >= 11 is 0. The van der Waals surface area contributed by atoms with Crippen molar-refractivity contribution in [3.05, 3.63) is 36.5 Å². The van der Waals surface area contributed by atoms with Crippen LogP contribution < -0.4 is 15.4 Å². The molecule has 1 fully saturated rings. The third-order valence-corrected chi connectivity index (χ3v) is 7.23. The summed E-state index contributed by atoms with van der Waals surface area (Å²) in [4.78, 5) is 24.7. The Morgan fingerprint density at radius 3 is 2.61 bits per heavy atom. The van der Waals surface area contributed by atoms with Crippen molar-refractivity contribution in [2.45, 2.75) is 55.9 Å². The van der Waals surface area contributed by atoms with E-state index in [2.05, 4.69) is 14.9 Å². The second-order valence-corrected chi connectivity index (χ2v) is 9.42. The number of benzene rings is 1. The number of nitrogens with one attached hydrogen (secondary N) is 1. The molecule has 0 radical (unpaired) electrons. The summed E-state index contributed by atoms with van der Waals surface area (Å²) in [6.07, 6.45) is 7.81. The van der Waals surface area contributed by atoms with Crippen molar-refractivity contribution in [3.63, 3.8) is 0 Å². The summed E-state index contributed by atoms with van der Waals surface area (Å²) in [5.74, 6) is 1.61. The van der Waals surface area contributed by atoms with E-state index in [1.54, 1.807) is 24.3 Å². The third kappa shape index (κ3) is 3.41. The van der Waals surface area contributed by atoms with Gasteiger partial charge in [0.15, 0.2) is 0 Å². The van der Waals surface area contributed by atoms with Crippen molar-refractivity contribution < 1.29 is 9.00 Å². The van der Waals surface area contributed by atoms with Crippen LogP contribution in [0.1, 0.15) is 45.4 Å². The monoisotopic (exact) mass is 438 g/mol. The molecule has 162 valence electrons. The van der Waals surface area contributed by atoms with E-state index in [1.165, 1.54) is 6.42 Å². The van der Waals surface area contributed by atoms with Gasteiger partial charge in [0.05, 0.1) is 16.9 Å². The molecule has 1 unspecified atom stereocenters. The van der Waals surface area contributed by atoms with E-state index in [0.29, 0.717) is 23.8 Å². The Bertz CT molecular complexity index is 1170. The lowest BCUT2D eigenvalue weighted by molar-refractivity contribution is -0.122. The predicted octanol–water partition coefficient (Wildman–Crippen LogP) is 3.57. The van der Waals surface area contributed by atoms with E-state index >= 15 is 0 Å². The first-order valence-electron chi connectivity index (χ1n) is 10.7. The molecule has 1 aliphatic carbocycles. The van der Waals surface area contributed by atoms with Gasteiger partial charge in [-0.25, -0.2) is 14.3 Å². The molecule has 1 aromatic carbocycles. The molecule has 2 aromatic heterocycles. The van der Waals surface area contributed by atoms with Gasteiger partial charge in [0.1, 0.15) is 22.5 Å². The maximum Gasteiger partial charge on any atom is 0.230 e. The molecule has 0 saturated heterocycles. The Labute approximate surface area is 183 Å². The Morgan fingerprint density at radius 1 is 1.19 bits per heavy atom. The molecular weight excluding hydrogens is 412 g/mol. The Kier molecular flexibility index (Phi) is 5.02. The summed E-state index contributed by atoms with van der Waals surface area (Å²) in [5.41, 5.74) is 1.45. The minimum atomic E-state index is -1.51. The van der Waals surface area contributed by atoms with Crippen molar-refractivity contribution in [1.82, 2.24) is 14.5 Å². The van der Waals surface area contributed by atoms with Crippen LogP contribution in [0.15, 0.2) is 41.4 Å². The van der Waals surface area contributed by atoms with Crippen molar-refractivity contribution in [1.29, 1.82) is 0 Å². The zero-order chi connectivity index (χ0) is 21.6. The summed E-state index contributed by atoms with van der Waals surface area (Å²) in [7, 11) is -1.51. The molecule has 1 aliphatic heterocycles. The van der Waals surface area contributed by atoms with Gasteiger partial charge in [-0.1, -0.05) is 19.3 Å². The number of aromatic nitrogens is 3. The number of carbonyl (C=O) groups excluding carboxylic acids is 1. The third-order valence-electron chi connectivity index (χ3n) is 6.50. The van der Waals surface area contributed by atoms with Crippen LogP contribution >= 0.6 is 0 Å². The van der Waals surface area contributed by atoms with E-state index in [4.69, 9.17) is 10.1 Å². The van der Waals surface area contributed by atoms with Crippen molar-refractivity contribution in [2.75, 3.05) is 16.8 Å². The molecule has 0 bridgehead atoms. The minimum Gasteiger partial charge on any atom is -0.324 e. The van der Waals surface area contributed by atoms with Crippen LogP contribution in [0.3, 0.4) is 0 Å². The van der Waals surface area contributed by atoms with Crippen LogP contribution in [0.2, 0.25) is 0 Å². The topological polar surface area (TPSA) is 106 Å². The van der Waals surface area contributed by atoms with Crippen molar-refractivity contribution in [2.24, 2.45) is 5.14 Å².